The van der Waals surface area contributed by atoms with Crippen molar-refractivity contribution in [1.29, 1.82) is 0 Å². The van der Waals surface area contributed by atoms with Crippen LogP contribution in [0.4, 0.5) is 0 Å². The summed E-state index contributed by atoms with van der Waals surface area (Å²) in [5.41, 5.74) is 0. The minimum Gasteiger partial charge on any atom is -0.264 e. The summed E-state index contributed by atoms with van der Waals surface area (Å²) in [6, 6.07) is 0. The molecule has 0 rings (SSSR count). The van der Waals surface area contributed by atoms with Crippen LogP contribution in [0.2, 0.25) is 0 Å². The van der Waals surface area contributed by atoms with Crippen molar-refractivity contribution in [3.8, 4) is 0 Å². The van der Waals surface area contributed by atoms with Gasteiger partial charge in [0.25, 0.3) is 0 Å². The van der Waals surface area contributed by atoms with Gasteiger partial charge in [0.1, 0.15) is 0 Å². The Morgan fingerprint density at radius 3 is 0.400 bits per heavy atom. The van der Waals surface area contributed by atoms with Crippen LogP contribution in [0.3, 0.4) is 0 Å². The molecule has 0 amide bonds. The Kier molecular flexibility index (Phi) is 9.34. The van der Waals surface area contributed by atoms with Gasteiger partial charge < -0.3 is 0 Å². The molecule has 15 heteroatoms. The van der Waals surface area contributed by atoms with E-state index in [1.54, 1.807) is 0 Å². The Morgan fingerprint density at radius 2 is 0.400 bits per heavy atom. The van der Waals surface area contributed by atoms with Crippen molar-refractivity contribution in [1.82, 2.24) is 0 Å². The predicted octanol–water partition coefficient (Wildman–Crippen LogP) is -1.96. The van der Waals surface area contributed by atoms with E-state index in [0.29, 0.717) is 0 Å². The van der Waals surface area contributed by atoms with Gasteiger partial charge >= 0.3 is 31.2 Å². The summed E-state index contributed by atoms with van der Waals surface area (Å²) in [4.78, 5) is 0. The zero-order chi connectivity index (χ0) is 13.5. The van der Waals surface area contributed by atoms with E-state index in [9.17, 15) is 0 Å². The molecule has 0 aliphatic rings. The normalized spacial score (nSPS) is 11.6. The van der Waals surface area contributed by atoms with Gasteiger partial charge in [-0.05, 0) is 0 Å². The Balaban J connectivity index is -0.000000144. The molecule has 0 atom stereocenters. The lowest BCUT2D eigenvalue weighted by Gasteiger charge is -1.68. The first-order valence-corrected chi connectivity index (χ1v) is 6.29. The van der Waals surface area contributed by atoms with Crippen molar-refractivity contribution in [2.75, 3.05) is 0 Å². The van der Waals surface area contributed by atoms with Crippen molar-refractivity contribution >= 4 is 31.2 Å². The molecule has 0 saturated heterocycles. The van der Waals surface area contributed by atoms with Crippen LogP contribution in [0.25, 0.3) is 0 Å². The van der Waals surface area contributed by atoms with Crippen molar-refractivity contribution in [2.24, 2.45) is 0 Å². The molecule has 15 heavy (non-hydrogen) atoms. The van der Waals surface area contributed by atoms with E-state index in [4.69, 9.17) is 52.6 Å². The van der Waals surface area contributed by atoms with E-state index < -0.39 is 31.2 Å². The maximum atomic E-state index is 8.74. The fourth-order valence-corrected chi connectivity index (χ4v) is 0. The summed E-state index contributed by atoms with van der Waals surface area (Å²) >= 11 is 0. The first-order chi connectivity index (χ1) is 6.00. The molecule has 0 aliphatic carbocycles. The Morgan fingerprint density at radius 1 is 0.400 bits per heavy atom. The highest BCUT2D eigenvalue weighted by molar-refractivity contribution is 7.80. The highest BCUT2D eigenvalue weighted by Gasteiger charge is 1.85. The van der Waals surface area contributed by atoms with Crippen molar-refractivity contribution in [3.63, 3.8) is 0 Å². The summed E-state index contributed by atoms with van der Waals surface area (Å²) in [6.07, 6.45) is 0. The van der Waals surface area contributed by atoms with Crippen LogP contribution in [-0.4, -0.2) is 52.6 Å². The molecule has 0 aliphatic heterocycles. The van der Waals surface area contributed by atoms with Gasteiger partial charge in [0.2, 0.25) is 0 Å². The number of hydrogen-bond acceptors (Lipinski definition) is 6. The summed E-state index contributed by atoms with van der Waals surface area (Å²) in [6.45, 7) is 0. The van der Waals surface area contributed by atoms with Crippen molar-refractivity contribution in [3.05, 3.63) is 0 Å². The highest BCUT2D eigenvalue weighted by atomic mass is 32.3. The lowest BCUT2D eigenvalue weighted by atomic mass is 15.8. The second-order valence-electron chi connectivity index (χ2n) is 1.34. The van der Waals surface area contributed by atoms with Gasteiger partial charge in [-0.1, -0.05) is 0 Å². The summed E-state index contributed by atoms with van der Waals surface area (Å²) in [5.74, 6) is 0. The number of rotatable bonds is 0. The zero-order valence-electron chi connectivity index (χ0n) is 6.36. The second kappa shape index (κ2) is 6.98. The average Bonchev–Trinajstić information content (AvgIpc) is 1.41. The Bertz CT molecular complexity index is 332. The van der Waals surface area contributed by atoms with Crippen LogP contribution < -0.4 is 0 Å². The van der Waals surface area contributed by atoms with Gasteiger partial charge in [0.05, 0.1) is 0 Å². The molecule has 0 aromatic carbocycles. The fraction of sp³-hybridized carbons (Fsp3) is 0. The van der Waals surface area contributed by atoms with E-state index >= 15 is 0 Å². The van der Waals surface area contributed by atoms with Gasteiger partial charge in [-0.2, -0.15) is 25.3 Å². The molecule has 0 bridgehead atoms. The third-order valence-electron chi connectivity index (χ3n) is 0. The van der Waals surface area contributed by atoms with Gasteiger partial charge in [0.15, 0.2) is 0 Å². The largest absolute Gasteiger partial charge is 0.394 e. The standard InChI is InChI=1S/3H2O4S/c3*1-5(2,3)4/h3*(H2,1,2,3,4). The smallest absolute Gasteiger partial charge is 0.264 e. The fourth-order valence-electron chi connectivity index (χ4n) is 0. The molecular weight excluding hydrogens is 288 g/mol. The molecule has 0 fully saturated rings. The predicted molar refractivity (Wildman–Crippen MR) is 42.5 cm³/mol. The summed E-state index contributed by atoms with van der Waals surface area (Å²) in [5, 5.41) is 0. The number of hydrogen-bond donors (Lipinski definition) is 6. The van der Waals surface area contributed by atoms with Crippen LogP contribution in [0.1, 0.15) is 0 Å². The molecule has 0 aromatic heterocycles. The molecule has 12 nitrogen and oxygen atoms in total. The lowest BCUT2D eigenvalue weighted by Crippen LogP contribution is -1.89. The van der Waals surface area contributed by atoms with Gasteiger partial charge in [-0.15, -0.1) is 0 Å². The molecule has 0 heterocycles. The monoisotopic (exact) mass is 294 g/mol. The van der Waals surface area contributed by atoms with Crippen molar-refractivity contribution < 1.29 is 52.6 Å². The molecular formula is H6O12S3. The molecule has 0 spiro atoms. The van der Waals surface area contributed by atoms with Gasteiger partial charge in [0, 0.05) is 0 Å². The quantitative estimate of drug-likeness (QED) is 0.268. The second-order valence-corrected chi connectivity index (χ2v) is 4.03. The van der Waals surface area contributed by atoms with Gasteiger partial charge in [-0.25, -0.2) is 0 Å². The maximum absolute atomic E-state index is 8.74. The molecule has 0 saturated carbocycles. The Labute approximate surface area is 84.3 Å². The average molecular weight is 294 g/mol. The molecule has 6 N–H and O–H groups in total. The first-order valence-electron chi connectivity index (χ1n) is 2.10. The minimum atomic E-state index is -4.67. The van der Waals surface area contributed by atoms with E-state index in [1.165, 1.54) is 0 Å². The molecule has 0 radical (unpaired) electrons. The van der Waals surface area contributed by atoms with Gasteiger partial charge in [-0.3, -0.25) is 27.3 Å². The third-order valence-corrected chi connectivity index (χ3v) is 0. The topological polar surface area (TPSA) is 224 Å². The van der Waals surface area contributed by atoms with Crippen LogP contribution in [0, 0.1) is 0 Å². The highest BCUT2D eigenvalue weighted by Crippen LogP contribution is 1.60. The molecule has 96 valence electrons. The van der Waals surface area contributed by atoms with Crippen LogP contribution >= 0.6 is 0 Å². The minimum absolute atomic E-state index is 4.67. The van der Waals surface area contributed by atoms with E-state index in [-0.39, 0.29) is 0 Å². The van der Waals surface area contributed by atoms with E-state index in [2.05, 4.69) is 0 Å². The molecule has 0 aromatic rings. The summed E-state index contributed by atoms with van der Waals surface area (Å²) in [7, 11) is -14.0. The maximum Gasteiger partial charge on any atom is 0.394 e. The van der Waals surface area contributed by atoms with E-state index in [1.807, 2.05) is 0 Å². The van der Waals surface area contributed by atoms with Crippen LogP contribution in [0.5, 0.6) is 0 Å². The first kappa shape index (κ1) is 20.1. The molecule has 0 unspecified atom stereocenters. The summed E-state index contributed by atoms with van der Waals surface area (Å²) < 4.78 is 94.8. The van der Waals surface area contributed by atoms with Crippen molar-refractivity contribution in [2.45, 2.75) is 0 Å². The van der Waals surface area contributed by atoms with Crippen LogP contribution in [-0.2, 0) is 31.2 Å². The lowest BCUT2D eigenvalue weighted by molar-refractivity contribution is 0.378. The van der Waals surface area contributed by atoms with E-state index in [0.717, 1.165) is 0 Å². The third kappa shape index (κ3) is 12100. The van der Waals surface area contributed by atoms with Crippen LogP contribution in [0.15, 0.2) is 0 Å². The Hall–Kier alpha value is -0.390. The zero-order valence-corrected chi connectivity index (χ0v) is 8.81. The SMILES string of the molecule is O=S(=O)(O)O.O=S(=O)(O)O.O=S(=O)(O)O.